The Bertz CT molecular complexity index is 343. The Morgan fingerprint density at radius 3 is 1.76 bits per heavy atom. The van der Waals surface area contributed by atoms with Crippen molar-refractivity contribution in [3.8, 4) is 0 Å². The van der Waals surface area contributed by atoms with Crippen molar-refractivity contribution in [2.45, 2.75) is 66.2 Å². The van der Waals surface area contributed by atoms with Crippen LogP contribution in [0.25, 0.3) is 0 Å². The minimum atomic E-state index is -2.52. The summed E-state index contributed by atoms with van der Waals surface area (Å²) in [7, 11) is -2.52. The van der Waals surface area contributed by atoms with Gasteiger partial charge < -0.3 is 9.79 Å². The summed E-state index contributed by atoms with van der Waals surface area (Å²) in [4.78, 5) is 20.9. The number of hydrogen-bond donors (Lipinski definition) is 0. The molecule has 0 radical (unpaired) electrons. The maximum atomic E-state index is 10.5. The van der Waals surface area contributed by atoms with E-state index in [9.17, 15) is 9.79 Å². The van der Waals surface area contributed by atoms with Crippen LogP contribution in [0.3, 0.4) is 0 Å². The van der Waals surface area contributed by atoms with E-state index >= 15 is 0 Å². The van der Waals surface area contributed by atoms with Crippen LogP contribution in [-0.4, -0.2) is 6.16 Å². The van der Waals surface area contributed by atoms with E-state index in [0.29, 0.717) is 6.16 Å². The molecule has 2 nitrogen and oxygen atoms in total. The average Bonchev–Trinajstić information content (AvgIpc) is 2.34. The predicted molar refractivity (Wildman–Crippen MR) is 87.8 cm³/mol. The molecule has 0 fully saturated rings. The van der Waals surface area contributed by atoms with E-state index in [0.717, 1.165) is 38.5 Å². The van der Waals surface area contributed by atoms with Crippen molar-refractivity contribution in [2.75, 3.05) is 6.16 Å². The minimum Gasteiger partial charge on any atom is -0.685 e. The zero-order valence-electron chi connectivity index (χ0n) is 14.5. The van der Waals surface area contributed by atoms with Gasteiger partial charge in [-0.05, 0) is 66.2 Å². The summed E-state index contributed by atoms with van der Waals surface area (Å²) in [5.74, 6) is 0. The molecule has 0 aliphatic carbocycles. The van der Waals surface area contributed by atoms with E-state index < -0.39 is 8.38 Å². The summed E-state index contributed by atoms with van der Waals surface area (Å²) in [5.41, 5.74) is 4.21. The van der Waals surface area contributed by atoms with E-state index in [4.69, 9.17) is 0 Å². The molecular weight excluding hydrogens is 306 g/mol. The van der Waals surface area contributed by atoms with Crippen LogP contribution in [0.5, 0.6) is 0 Å². The van der Waals surface area contributed by atoms with Gasteiger partial charge in [0.05, 0.1) is 0 Å². The van der Waals surface area contributed by atoms with Crippen molar-refractivity contribution < 1.29 is 61.2 Å². The summed E-state index contributed by atoms with van der Waals surface area (Å²) in [6.07, 6.45) is 13.2. The molecular formula is C17H30KO2P. The fraction of sp³-hybridized carbons (Fsp3) is 0.647. The molecule has 0 aliphatic heterocycles. The van der Waals surface area contributed by atoms with E-state index in [1.807, 2.05) is 0 Å². The van der Waals surface area contributed by atoms with E-state index in [2.05, 4.69) is 45.9 Å². The molecule has 0 spiro atoms. The van der Waals surface area contributed by atoms with Crippen molar-refractivity contribution in [1.29, 1.82) is 0 Å². The van der Waals surface area contributed by atoms with Crippen LogP contribution in [0.2, 0.25) is 0 Å². The van der Waals surface area contributed by atoms with Crippen LogP contribution in [0.1, 0.15) is 66.2 Å². The molecule has 0 N–H and O–H groups in total. The molecule has 0 heterocycles. The van der Waals surface area contributed by atoms with Gasteiger partial charge >= 0.3 is 51.4 Å². The molecule has 116 valence electrons. The van der Waals surface area contributed by atoms with Gasteiger partial charge in [-0.25, -0.2) is 0 Å². The van der Waals surface area contributed by atoms with E-state index in [-0.39, 0.29) is 51.4 Å². The standard InChI is InChI=1S/C17H30O2P.K/c1-15(2)9-7-11-17(4)13-8-12-16(3)10-5-6-14-20(18)19;/h9-10,13,20H,5-8,11-12,14H2,1-4H3;/q-1;+1/b16-10+,17-13+;. The van der Waals surface area contributed by atoms with Gasteiger partial charge in [-0.15, -0.1) is 8.38 Å². The maximum absolute atomic E-state index is 10.5. The van der Waals surface area contributed by atoms with Gasteiger partial charge in [0.1, 0.15) is 0 Å². The van der Waals surface area contributed by atoms with Gasteiger partial charge in [-0.2, -0.15) is 0 Å². The number of unbranched alkanes of at least 4 members (excludes halogenated alkanes) is 1. The monoisotopic (exact) mass is 336 g/mol. The fourth-order valence-corrected chi connectivity index (χ4v) is 2.43. The third-order valence-electron chi connectivity index (χ3n) is 3.20. The summed E-state index contributed by atoms with van der Waals surface area (Å²) >= 11 is 0. The van der Waals surface area contributed by atoms with Crippen molar-refractivity contribution in [3.63, 3.8) is 0 Å². The minimum absolute atomic E-state index is 0. The van der Waals surface area contributed by atoms with E-state index in [1.165, 1.54) is 16.7 Å². The molecule has 0 unspecified atom stereocenters. The Balaban J connectivity index is 0. The third kappa shape index (κ3) is 19.2. The Morgan fingerprint density at radius 2 is 1.29 bits per heavy atom. The first-order valence-corrected chi connectivity index (χ1v) is 9.08. The Kier molecular flexibility index (Phi) is 18.7. The number of rotatable bonds is 10. The van der Waals surface area contributed by atoms with Crippen LogP contribution in [0.4, 0.5) is 0 Å². The molecule has 0 atom stereocenters. The van der Waals surface area contributed by atoms with Crippen molar-refractivity contribution >= 4 is 8.38 Å². The largest absolute Gasteiger partial charge is 1.00 e. The molecule has 0 aromatic heterocycles. The van der Waals surface area contributed by atoms with Gasteiger partial charge in [0.2, 0.25) is 0 Å². The summed E-state index contributed by atoms with van der Waals surface area (Å²) < 4.78 is 0. The molecule has 0 aromatic rings. The molecule has 0 bridgehead atoms. The normalized spacial score (nSPS) is 12.3. The molecule has 0 aliphatic rings. The van der Waals surface area contributed by atoms with Gasteiger partial charge in [0.15, 0.2) is 0 Å². The molecule has 0 amide bonds. The molecule has 0 saturated carbocycles. The Hall–Kier alpha value is 1.21. The number of allylic oxidation sites excluding steroid dienone is 6. The quantitative estimate of drug-likeness (QED) is 0.258. The van der Waals surface area contributed by atoms with Crippen molar-refractivity contribution in [2.24, 2.45) is 0 Å². The Morgan fingerprint density at radius 1 is 0.810 bits per heavy atom. The number of hydrogen-bond acceptors (Lipinski definition) is 2. The first-order valence-electron chi connectivity index (χ1n) is 7.56. The fourth-order valence-electron chi connectivity index (χ4n) is 1.93. The first-order chi connectivity index (χ1) is 9.41. The van der Waals surface area contributed by atoms with Gasteiger partial charge in [-0.1, -0.05) is 34.9 Å². The molecule has 0 saturated heterocycles. The summed E-state index contributed by atoms with van der Waals surface area (Å²) in [6, 6.07) is 0. The zero-order chi connectivity index (χ0) is 15.4. The van der Waals surface area contributed by atoms with Crippen molar-refractivity contribution in [3.05, 3.63) is 34.9 Å². The first kappa shape index (κ1) is 24.5. The van der Waals surface area contributed by atoms with Crippen LogP contribution < -0.4 is 61.2 Å². The molecule has 21 heavy (non-hydrogen) atoms. The SMILES string of the molecule is CC(C)=CCC/C(C)=C/CC/C(C)=C/CCC[PH+]([O-])[O-].[K+]. The second-order valence-electron chi connectivity index (χ2n) is 5.72. The second-order valence-corrected chi connectivity index (χ2v) is 6.97. The zero-order valence-corrected chi connectivity index (χ0v) is 18.6. The van der Waals surface area contributed by atoms with Crippen molar-refractivity contribution in [1.82, 2.24) is 0 Å². The van der Waals surface area contributed by atoms with Crippen LogP contribution in [0, 0.1) is 0 Å². The predicted octanol–water partition coefficient (Wildman–Crippen LogP) is 0.955. The summed E-state index contributed by atoms with van der Waals surface area (Å²) in [6.45, 7) is 8.60. The smallest absolute Gasteiger partial charge is 0.685 e. The second kappa shape index (κ2) is 16.1. The summed E-state index contributed by atoms with van der Waals surface area (Å²) in [5, 5.41) is 0. The maximum Gasteiger partial charge on any atom is 1.00 e. The molecule has 4 heteroatoms. The molecule has 0 rings (SSSR count). The third-order valence-corrected chi connectivity index (χ3v) is 3.96. The van der Waals surface area contributed by atoms with Crippen LogP contribution >= 0.6 is 8.38 Å². The Labute approximate surface area is 175 Å². The van der Waals surface area contributed by atoms with Crippen LogP contribution in [0.15, 0.2) is 34.9 Å². The van der Waals surface area contributed by atoms with Gasteiger partial charge in [0.25, 0.3) is 0 Å². The average molecular weight is 336 g/mol. The van der Waals surface area contributed by atoms with Gasteiger partial charge in [0, 0.05) is 6.16 Å². The van der Waals surface area contributed by atoms with E-state index in [1.54, 1.807) is 0 Å². The van der Waals surface area contributed by atoms with Gasteiger partial charge in [-0.3, -0.25) is 0 Å². The molecule has 0 aromatic carbocycles. The van der Waals surface area contributed by atoms with Crippen LogP contribution in [-0.2, 0) is 0 Å². The topological polar surface area (TPSA) is 46.1 Å².